The minimum atomic E-state index is -1.01. The predicted octanol–water partition coefficient (Wildman–Crippen LogP) is 1.37. The molecule has 7 heteroatoms. The maximum Gasteiger partial charge on any atom is 0.305 e. The molecule has 7 nitrogen and oxygen atoms in total. The fourth-order valence-corrected chi connectivity index (χ4v) is 1.96. The van der Waals surface area contributed by atoms with Crippen molar-refractivity contribution in [2.45, 2.75) is 18.9 Å². The summed E-state index contributed by atoms with van der Waals surface area (Å²) in [4.78, 5) is 22.8. The van der Waals surface area contributed by atoms with Crippen molar-refractivity contribution in [3.63, 3.8) is 0 Å². The van der Waals surface area contributed by atoms with E-state index in [1.807, 2.05) is 0 Å². The van der Waals surface area contributed by atoms with Crippen molar-refractivity contribution in [2.24, 2.45) is 0 Å². The van der Waals surface area contributed by atoms with Crippen molar-refractivity contribution < 1.29 is 28.9 Å². The molecule has 22 heavy (non-hydrogen) atoms. The Hall–Kier alpha value is -2.28. The molecule has 0 aromatic heterocycles. The van der Waals surface area contributed by atoms with E-state index in [1.165, 1.54) is 21.3 Å². The SMILES string of the molecule is COCCC(=O)NC(CC(=O)O)c1ccc(OC)c(OC)c1. The Bertz CT molecular complexity index is 517. The Labute approximate surface area is 129 Å². The molecular formula is C15H21NO6. The monoisotopic (exact) mass is 311 g/mol. The van der Waals surface area contributed by atoms with Gasteiger partial charge in [-0.05, 0) is 17.7 Å². The highest BCUT2D eigenvalue weighted by Gasteiger charge is 2.19. The largest absolute Gasteiger partial charge is 0.493 e. The summed E-state index contributed by atoms with van der Waals surface area (Å²) in [6, 6.07) is 4.38. The van der Waals surface area contributed by atoms with E-state index in [9.17, 15) is 9.59 Å². The molecule has 1 atom stereocenters. The Balaban J connectivity index is 2.95. The van der Waals surface area contributed by atoms with Gasteiger partial charge in [-0.3, -0.25) is 9.59 Å². The van der Waals surface area contributed by atoms with Crippen molar-refractivity contribution in [1.29, 1.82) is 0 Å². The molecule has 0 bridgehead atoms. The number of ether oxygens (including phenoxy) is 3. The van der Waals surface area contributed by atoms with Gasteiger partial charge in [0.25, 0.3) is 0 Å². The molecule has 0 radical (unpaired) electrons. The van der Waals surface area contributed by atoms with E-state index in [1.54, 1.807) is 18.2 Å². The first-order chi connectivity index (χ1) is 10.5. The van der Waals surface area contributed by atoms with Crippen molar-refractivity contribution in [1.82, 2.24) is 5.32 Å². The van der Waals surface area contributed by atoms with Gasteiger partial charge in [0.1, 0.15) is 0 Å². The van der Waals surface area contributed by atoms with E-state index < -0.39 is 12.0 Å². The lowest BCUT2D eigenvalue weighted by atomic mass is 10.0. The van der Waals surface area contributed by atoms with Crippen LogP contribution in [0.3, 0.4) is 0 Å². The standard InChI is InChI=1S/C15H21NO6/c1-20-7-6-14(17)16-11(9-15(18)19)10-4-5-12(21-2)13(8-10)22-3/h4-5,8,11H,6-7,9H2,1-3H3,(H,16,17)(H,18,19). The molecule has 2 N–H and O–H groups in total. The third-order valence-electron chi connectivity index (χ3n) is 3.06. The molecule has 0 fully saturated rings. The molecule has 0 aliphatic rings. The third-order valence-corrected chi connectivity index (χ3v) is 3.06. The van der Waals surface area contributed by atoms with E-state index in [0.717, 1.165) is 0 Å². The summed E-state index contributed by atoms with van der Waals surface area (Å²) in [7, 11) is 4.50. The molecule has 122 valence electrons. The second-order valence-electron chi connectivity index (χ2n) is 4.58. The van der Waals surface area contributed by atoms with Crippen LogP contribution in [-0.2, 0) is 14.3 Å². The van der Waals surface area contributed by atoms with Crippen LogP contribution in [-0.4, -0.2) is 44.9 Å². The molecule has 0 aliphatic heterocycles. The number of carbonyl (C=O) groups excluding carboxylic acids is 1. The number of amides is 1. The Morgan fingerprint density at radius 1 is 1.18 bits per heavy atom. The number of carbonyl (C=O) groups is 2. The zero-order valence-corrected chi connectivity index (χ0v) is 12.9. The van der Waals surface area contributed by atoms with Gasteiger partial charge in [0, 0.05) is 13.5 Å². The third kappa shape index (κ3) is 5.25. The van der Waals surface area contributed by atoms with Gasteiger partial charge in [0.15, 0.2) is 11.5 Å². The molecule has 1 amide bonds. The van der Waals surface area contributed by atoms with Gasteiger partial charge in [-0.25, -0.2) is 0 Å². The molecule has 0 heterocycles. The number of hydrogen-bond donors (Lipinski definition) is 2. The second-order valence-corrected chi connectivity index (χ2v) is 4.58. The van der Waals surface area contributed by atoms with Crippen molar-refractivity contribution >= 4 is 11.9 Å². The van der Waals surface area contributed by atoms with Gasteiger partial charge >= 0.3 is 5.97 Å². The summed E-state index contributed by atoms with van der Waals surface area (Å²) in [5, 5.41) is 11.7. The lowest BCUT2D eigenvalue weighted by Crippen LogP contribution is -2.30. The van der Waals surface area contributed by atoms with Gasteiger partial charge in [-0.1, -0.05) is 6.07 Å². The summed E-state index contributed by atoms with van der Waals surface area (Å²) in [6.45, 7) is 0.275. The van der Waals surface area contributed by atoms with Crippen molar-refractivity contribution in [2.75, 3.05) is 27.9 Å². The van der Waals surface area contributed by atoms with Crippen LogP contribution >= 0.6 is 0 Å². The van der Waals surface area contributed by atoms with Crippen LogP contribution in [0, 0.1) is 0 Å². The number of rotatable bonds is 9. The summed E-state index contributed by atoms with van der Waals surface area (Å²) in [5.74, 6) is -0.276. The van der Waals surface area contributed by atoms with Gasteiger partial charge in [0.2, 0.25) is 5.91 Å². The van der Waals surface area contributed by atoms with Crippen LogP contribution in [0.1, 0.15) is 24.4 Å². The lowest BCUT2D eigenvalue weighted by Gasteiger charge is -2.19. The normalized spacial score (nSPS) is 11.6. The number of nitrogens with one attached hydrogen (secondary N) is 1. The fourth-order valence-electron chi connectivity index (χ4n) is 1.96. The number of carboxylic acid groups (broad SMARTS) is 1. The number of benzene rings is 1. The fraction of sp³-hybridized carbons (Fsp3) is 0.467. The first-order valence-electron chi connectivity index (χ1n) is 6.73. The Morgan fingerprint density at radius 2 is 1.86 bits per heavy atom. The first-order valence-corrected chi connectivity index (χ1v) is 6.73. The van der Waals surface area contributed by atoms with Gasteiger partial charge < -0.3 is 24.6 Å². The summed E-state index contributed by atoms with van der Waals surface area (Å²) in [5.41, 5.74) is 0.630. The topological polar surface area (TPSA) is 94.1 Å². The maximum absolute atomic E-state index is 11.8. The highest BCUT2D eigenvalue weighted by Crippen LogP contribution is 2.30. The summed E-state index contributed by atoms with van der Waals surface area (Å²) < 4.78 is 15.2. The van der Waals surface area contributed by atoms with Gasteiger partial charge in [-0.15, -0.1) is 0 Å². The Kier molecular flexibility index (Phi) is 7.18. The van der Waals surface area contributed by atoms with Crippen LogP contribution in [0.15, 0.2) is 18.2 Å². The van der Waals surface area contributed by atoms with Gasteiger partial charge in [0.05, 0.1) is 33.3 Å². The average Bonchev–Trinajstić information content (AvgIpc) is 2.51. The van der Waals surface area contributed by atoms with E-state index >= 15 is 0 Å². The zero-order valence-electron chi connectivity index (χ0n) is 12.9. The minimum absolute atomic E-state index is 0.167. The first kappa shape index (κ1) is 17.8. The number of carboxylic acids is 1. The highest BCUT2D eigenvalue weighted by atomic mass is 16.5. The number of methoxy groups -OCH3 is 3. The number of hydrogen-bond acceptors (Lipinski definition) is 5. The van der Waals surface area contributed by atoms with Crippen LogP contribution in [0.4, 0.5) is 0 Å². The molecular weight excluding hydrogens is 290 g/mol. The molecule has 1 rings (SSSR count). The van der Waals surface area contributed by atoms with Crippen LogP contribution in [0.2, 0.25) is 0 Å². The molecule has 1 unspecified atom stereocenters. The van der Waals surface area contributed by atoms with E-state index in [2.05, 4.69) is 5.32 Å². The lowest BCUT2D eigenvalue weighted by molar-refractivity contribution is -0.137. The van der Waals surface area contributed by atoms with E-state index in [4.69, 9.17) is 19.3 Å². The van der Waals surface area contributed by atoms with Crippen LogP contribution in [0.25, 0.3) is 0 Å². The summed E-state index contributed by atoms with van der Waals surface area (Å²) >= 11 is 0. The number of aliphatic carboxylic acids is 1. The minimum Gasteiger partial charge on any atom is -0.493 e. The van der Waals surface area contributed by atoms with Crippen molar-refractivity contribution in [3.8, 4) is 11.5 Å². The highest BCUT2D eigenvalue weighted by molar-refractivity contribution is 5.78. The zero-order chi connectivity index (χ0) is 16.5. The Morgan fingerprint density at radius 3 is 2.41 bits per heavy atom. The molecule has 0 aliphatic carbocycles. The van der Waals surface area contributed by atoms with Crippen LogP contribution < -0.4 is 14.8 Å². The predicted molar refractivity (Wildman–Crippen MR) is 79.2 cm³/mol. The second kappa shape index (κ2) is 8.89. The molecule has 1 aromatic carbocycles. The van der Waals surface area contributed by atoms with Crippen molar-refractivity contribution in [3.05, 3.63) is 23.8 Å². The van der Waals surface area contributed by atoms with Crippen LogP contribution in [0.5, 0.6) is 11.5 Å². The molecule has 1 aromatic rings. The summed E-state index contributed by atoms with van der Waals surface area (Å²) in [6.07, 6.45) is -0.0614. The quantitative estimate of drug-likeness (QED) is 0.715. The van der Waals surface area contributed by atoms with Gasteiger partial charge in [-0.2, -0.15) is 0 Å². The van der Waals surface area contributed by atoms with E-state index in [-0.39, 0.29) is 25.4 Å². The molecule has 0 saturated heterocycles. The average molecular weight is 311 g/mol. The van der Waals surface area contributed by atoms with E-state index in [0.29, 0.717) is 17.1 Å². The maximum atomic E-state index is 11.8. The smallest absolute Gasteiger partial charge is 0.305 e. The molecule has 0 saturated carbocycles. The molecule has 0 spiro atoms.